The second kappa shape index (κ2) is 8.74. The molecule has 0 heterocycles. The van der Waals surface area contributed by atoms with Crippen LogP contribution in [-0.2, 0) is 9.59 Å². The Morgan fingerprint density at radius 1 is 1.19 bits per heavy atom. The molecule has 1 rings (SSSR count). The maximum atomic E-state index is 12.0. The van der Waals surface area contributed by atoms with E-state index in [9.17, 15) is 9.59 Å². The molecule has 7 heteroatoms. The quantitative estimate of drug-likeness (QED) is 0.833. The highest BCUT2D eigenvalue weighted by Crippen LogP contribution is 2.24. The lowest BCUT2D eigenvalue weighted by Gasteiger charge is -2.20. The van der Waals surface area contributed by atoms with E-state index < -0.39 is 0 Å². The Labute approximate surface area is 134 Å². The van der Waals surface area contributed by atoms with Crippen molar-refractivity contribution in [2.24, 2.45) is 0 Å². The van der Waals surface area contributed by atoms with Gasteiger partial charge in [0.15, 0.2) is 6.61 Å². The van der Waals surface area contributed by atoms with Gasteiger partial charge in [0.2, 0.25) is 5.91 Å². The van der Waals surface area contributed by atoms with Crippen molar-refractivity contribution in [3.05, 3.63) is 28.2 Å². The zero-order valence-corrected chi connectivity index (χ0v) is 13.5. The van der Waals surface area contributed by atoms with E-state index in [0.717, 1.165) is 0 Å². The molecule has 1 aromatic carbocycles. The number of nitrogens with one attached hydrogen (secondary N) is 1. The predicted molar refractivity (Wildman–Crippen MR) is 82.9 cm³/mol. The number of hydrogen-bond donors (Lipinski definition) is 1. The molecular weight excluding hydrogens is 315 g/mol. The average Bonchev–Trinajstić information content (AvgIpc) is 2.41. The van der Waals surface area contributed by atoms with Crippen molar-refractivity contribution in [2.75, 3.05) is 26.2 Å². The van der Waals surface area contributed by atoms with Gasteiger partial charge in [-0.15, -0.1) is 0 Å². The summed E-state index contributed by atoms with van der Waals surface area (Å²) >= 11 is 11.7. The number of rotatable bonds is 7. The van der Waals surface area contributed by atoms with E-state index in [0.29, 0.717) is 28.9 Å². The van der Waals surface area contributed by atoms with E-state index in [-0.39, 0.29) is 25.0 Å². The van der Waals surface area contributed by atoms with E-state index >= 15 is 0 Å². The number of carbonyl (C=O) groups excluding carboxylic acids is 2. The minimum atomic E-state index is -0.278. The Balaban J connectivity index is 2.56. The lowest BCUT2D eigenvalue weighted by molar-refractivity contribution is -0.137. The van der Waals surface area contributed by atoms with Crippen LogP contribution in [0.15, 0.2) is 18.2 Å². The number of halogens is 2. The topological polar surface area (TPSA) is 58.6 Å². The van der Waals surface area contributed by atoms with Crippen LogP contribution in [0.25, 0.3) is 0 Å². The largest absolute Gasteiger partial charge is 0.484 e. The molecule has 0 spiro atoms. The summed E-state index contributed by atoms with van der Waals surface area (Å²) in [6, 6.07) is 4.72. The van der Waals surface area contributed by atoms with Crippen molar-refractivity contribution < 1.29 is 14.3 Å². The van der Waals surface area contributed by atoms with Crippen LogP contribution >= 0.6 is 23.2 Å². The normalized spacial score (nSPS) is 10.1. The van der Waals surface area contributed by atoms with Crippen LogP contribution in [-0.4, -0.2) is 43.0 Å². The van der Waals surface area contributed by atoms with Gasteiger partial charge in [0.05, 0.1) is 6.54 Å². The van der Waals surface area contributed by atoms with Crippen LogP contribution in [0.3, 0.4) is 0 Å². The minimum absolute atomic E-state index is 0.0167. The summed E-state index contributed by atoms with van der Waals surface area (Å²) in [6.45, 7) is 4.42. The first-order valence-electron chi connectivity index (χ1n) is 6.59. The van der Waals surface area contributed by atoms with Gasteiger partial charge in [-0.1, -0.05) is 23.2 Å². The van der Waals surface area contributed by atoms with Gasteiger partial charge in [0.25, 0.3) is 5.91 Å². The van der Waals surface area contributed by atoms with Crippen LogP contribution in [0.4, 0.5) is 0 Å². The lowest BCUT2D eigenvalue weighted by Crippen LogP contribution is -2.42. The highest BCUT2D eigenvalue weighted by Gasteiger charge is 2.15. The summed E-state index contributed by atoms with van der Waals surface area (Å²) in [4.78, 5) is 24.9. The van der Waals surface area contributed by atoms with Crippen LogP contribution in [0.2, 0.25) is 10.0 Å². The van der Waals surface area contributed by atoms with Crippen molar-refractivity contribution in [3.63, 3.8) is 0 Å². The number of ether oxygens (including phenoxy) is 1. The number of amides is 2. The summed E-state index contributed by atoms with van der Waals surface area (Å²) in [5.74, 6) is -0.0618. The third-order valence-corrected chi connectivity index (χ3v) is 3.08. The van der Waals surface area contributed by atoms with Crippen molar-refractivity contribution >= 4 is 35.0 Å². The number of nitrogens with zero attached hydrogens (tertiary/aromatic N) is 1. The molecule has 1 aromatic rings. The summed E-state index contributed by atoms with van der Waals surface area (Å²) in [5.41, 5.74) is 0. The van der Waals surface area contributed by atoms with Gasteiger partial charge >= 0.3 is 0 Å². The van der Waals surface area contributed by atoms with Crippen LogP contribution in [0.5, 0.6) is 5.75 Å². The summed E-state index contributed by atoms with van der Waals surface area (Å²) in [5, 5.41) is 3.51. The van der Waals surface area contributed by atoms with E-state index in [4.69, 9.17) is 27.9 Å². The van der Waals surface area contributed by atoms with Gasteiger partial charge in [0.1, 0.15) is 5.75 Å². The van der Waals surface area contributed by atoms with Gasteiger partial charge in [0, 0.05) is 23.1 Å². The maximum absolute atomic E-state index is 12.0. The molecule has 1 N–H and O–H groups in total. The van der Waals surface area contributed by atoms with Gasteiger partial charge in [-0.3, -0.25) is 9.59 Å². The monoisotopic (exact) mass is 332 g/mol. The molecule has 0 unspecified atom stereocenters. The van der Waals surface area contributed by atoms with Crippen LogP contribution < -0.4 is 10.1 Å². The molecule has 0 aliphatic rings. The third kappa shape index (κ3) is 6.23. The molecule has 0 aliphatic carbocycles. The fourth-order valence-electron chi connectivity index (χ4n) is 1.65. The maximum Gasteiger partial charge on any atom is 0.260 e. The molecule has 5 nitrogen and oxygen atoms in total. The van der Waals surface area contributed by atoms with Crippen molar-refractivity contribution in [1.29, 1.82) is 0 Å². The number of likely N-dealkylation sites (N-methyl/N-ethyl adjacent to an activating group) is 2. The fourth-order valence-corrected chi connectivity index (χ4v) is 2.16. The van der Waals surface area contributed by atoms with E-state index in [1.54, 1.807) is 25.1 Å². The van der Waals surface area contributed by atoms with Gasteiger partial charge in [-0.2, -0.15) is 0 Å². The first-order valence-corrected chi connectivity index (χ1v) is 7.35. The lowest BCUT2D eigenvalue weighted by atomic mass is 10.3. The molecule has 21 heavy (non-hydrogen) atoms. The van der Waals surface area contributed by atoms with Crippen LogP contribution in [0, 0.1) is 0 Å². The average molecular weight is 333 g/mol. The van der Waals surface area contributed by atoms with Gasteiger partial charge in [-0.25, -0.2) is 0 Å². The molecule has 0 fully saturated rings. The Hall–Kier alpha value is -1.46. The van der Waals surface area contributed by atoms with Crippen molar-refractivity contribution in [2.45, 2.75) is 13.8 Å². The minimum Gasteiger partial charge on any atom is -0.484 e. The molecule has 116 valence electrons. The zero-order chi connectivity index (χ0) is 15.8. The smallest absolute Gasteiger partial charge is 0.260 e. The second-order valence-electron chi connectivity index (χ2n) is 4.26. The number of carbonyl (C=O) groups is 2. The Bertz CT molecular complexity index is 489. The van der Waals surface area contributed by atoms with E-state index in [2.05, 4.69) is 5.32 Å². The molecule has 0 aliphatic heterocycles. The van der Waals surface area contributed by atoms with E-state index in [1.807, 2.05) is 6.92 Å². The first kappa shape index (κ1) is 17.6. The molecule has 0 atom stereocenters. The zero-order valence-electron chi connectivity index (χ0n) is 12.0. The van der Waals surface area contributed by atoms with Crippen LogP contribution in [0.1, 0.15) is 13.8 Å². The Kier molecular flexibility index (Phi) is 7.32. The van der Waals surface area contributed by atoms with E-state index in [1.165, 1.54) is 4.90 Å². The molecule has 0 saturated heterocycles. The Morgan fingerprint density at radius 2 is 1.81 bits per heavy atom. The van der Waals surface area contributed by atoms with Gasteiger partial charge < -0.3 is 15.0 Å². The fraction of sp³-hybridized carbons (Fsp3) is 0.429. The standard InChI is InChI=1S/C14H18Cl2N2O3/c1-3-17-13(19)8-18(4-2)14(20)9-21-12-6-10(15)5-11(16)7-12/h5-7H,3-4,8-9H2,1-2H3,(H,17,19). The molecule has 0 radical (unpaired) electrons. The molecule has 0 bridgehead atoms. The summed E-state index contributed by atoms with van der Waals surface area (Å²) < 4.78 is 5.36. The second-order valence-corrected chi connectivity index (χ2v) is 5.13. The molecular formula is C14H18Cl2N2O3. The Morgan fingerprint density at radius 3 is 2.33 bits per heavy atom. The third-order valence-electron chi connectivity index (χ3n) is 2.64. The van der Waals surface area contributed by atoms with Crippen molar-refractivity contribution in [1.82, 2.24) is 10.2 Å². The number of benzene rings is 1. The summed E-state index contributed by atoms with van der Waals surface area (Å²) in [7, 11) is 0. The first-order chi connectivity index (χ1) is 9.96. The SMILES string of the molecule is CCNC(=O)CN(CC)C(=O)COc1cc(Cl)cc(Cl)c1. The highest BCUT2D eigenvalue weighted by molar-refractivity contribution is 6.34. The number of hydrogen-bond acceptors (Lipinski definition) is 3. The van der Waals surface area contributed by atoms with Crippen molar-refractivity contribution in [3.8, 4) is 5.75 Å². The molecule has 0 saturated carbocycles. The molecule has 2 amide bonds. The predicted octanol–water partition coefficient (Wildman–Crippen LogP) is 2.36. The molecule has 0 aromatic heterocycles. The van der Waals surface area contributed by atoms with Gasteiger partial charge in [-0.05, 0) is 32.0 Å². The highest BCUT2D eigenvalue weighted by atomic mass is 35.5. The summed E-state index contributed by atoms with van der Waals surface area (Å²) in [6.07, 6.45) is 0.